The van der Waals surface area contributed by atoms with Crippen LogP contribution in [0.1, 0.15) is 36.9 Å². The zero-order chi connectivity index (χ0) is 14.5. The van der Waals surface area contributed by atoms with Gasteiger partial charge in [-0.2, -0.15) is 0 Å². The van der Waals surface area contributed by atoms with Crippen molar-refractivity contribution in [3.63, 3.8) is 0 Å². The summed E-state index contributed by atoms with van der Waals surface area (Å²) in [6, 6.07) is 6.00. The zero-order valence-corrected chi connectivity index (χ0v) is 12.5. The van der Waals surface area contributed by atoms with E-state index in [1.54, 1.807) is 7.11 Å². The highest BCUT2D eigenvalue weighted by Gasteiger charge is 2.20. The molecule has 1 aromatic carbocycles. The second-order valence-corrected chi connectivity index (χ2v) is 5.60. The predicted octanol–water partition coefficient (Wildman–Crippen LogP) is 2.18. The van der Waals surface area contributed by atoms with Crippen LogP contribution < -0.4 is 15.4 Å². The molecule has 110 valence electrons. The molecule has 2 N–H and O–H groups in total. The third-order valence-electron chi connectivity index (χ3n) is 3.87. The summed E-state index contributed by atoms with van der Waals surface area (Å²) < 4.78 is 5.38. The van der Waals surface area contributed by atoms with Gasteiger partial charge in [-0.25, -0.2) is 0 Å². The molecule has 1 aromatic rings. The van der Waals surface area contributed by atoms with Gasteiger partial charge in [0.1, 0.15) is 5.75 Å². The maximum Gasteiger partial charge on any atom is 0.220 e. The van der Waals surface area contributed by atoms with Crippen LogP contribution in [0.25, 0.3) is 0 Å². The molecule has 1 fully saturated rings. The molecule has 4 nitrogen and oxygen atoms in total. The Morgan fingerprint density at radius 3 is 3.00 bits per heavy atom. The van der Waals surface area contributed by atoms with Crippen molar-refractivity contribution in [2.45, 2.75) is 32.7 Å². The van der Waals surface area contributed by atoms with Gasteiger partial charge in [-0.05, 0) is 45.3 Å². The molecule has 2 atom stereocenters. The summed E-state index contributed by atoms with van der Waals surface area (Å²) in [6.45, 7) is 6.03. The van der Waals surface area contributed by atoms with Gasteiger partial charge in [0, 0.05) is 12.0 Å². The second kappa shape index (κ2) is 6.75. The van der Waals surface area contributed by atoms with Gasteiger partial charge in [0.2, 0.25) is 5.91 Å². The first-order chi connectivity index (χ1) is 9.60. The molecule has 20 heavy (non-hydrogen) atoms. The van der Waals surface area contributed by atoms with Crippen LogP contribution in [0.4, 0.5) is 0 Å². The number of carbonyl (C=O) groups is 1. The van der Waals surface area contributed by atoms with Crippen molar-refractivity contribution in [2.75, 3.05) is 20.2 Å². The summed E-state index contributed by atoms with van der Waals surface area (Å²) in [7, 11) is 1.66. The lowest BCUT2D eigenvalue weighted by molar-refractivity contribution is -0.122. The van der Waals surface area contributed by atoms with Gasteiger partial charge in [0.05, 0.1) is 13.2 Å². The molecule has 0 radical (unpaired) electrons. The standard InChI is InChI=1S/C16H24N2O2/c1-11-4-5-15(20-3)14(8-11)12(2)18-16(19)9-13-6-7-17-10-13/h4-5,8,12-13,17H,6-7,9-10H2,1-3H3,(H,18,19). The molecular formula is C16H24N2O2. The summed E-state index contributed by atoms with van der Waals surface area (Å²) in [4.78, 5) is 12.1. The van der Waals surface area contributed by atoms with Gasteiger partial charge in [-0.1, -0.05) is 17.7 Å². The van der Waals surface area contributed by atoms with E-state index < -0.39 is 0 Å². The van der Waals surface area contributed by atoms with E-state index >= 15 is 0 Å². The van der Waals surface area contributed by atoms with Gasteiger partial charge in [0.25, 0.3) is 0 Å². The largest absolute Gasteiger partial charge is 0.496 e. The lowest BCUT2D eigenvalue weighted by atomic mass is 10.0. The lowest BCUT2D eigenvalue weighted by Gasteiger charge is -2.19. The molecule has 2 unspecified atom stereocenters. The van der Waals surface area contributed by atoms with Crippen LogP contribution in [0.3, 0.4) is 0 Å². The minimum atomic E-state index is -0.0355. The molecule has 0 aliphatic carbocycles. The fraction of sp³-hybridized carbons (Fsp3) is 0.562. The highest BCUT2D eigenvalue weighted by atomic mass is 16.5. The fourth-order valence-corrected chi connectivity index (χ4v) is 2.72. The summed E-state index contributed by atoms with van der Waals surface area (Å²) in [6.07, 6.45) is 1.70. The molecule has 2 rings (SSSR count). The Morgan fingerprint density at radius 2 is 2.35 bits per heavy atom. The zero-order valence-electron chi connectivity index (χ0n) is 12.5. The van der Waals surface area contributed by atoms with Crippen LogP contribution in [0.15, 0.2) is 18.2 Å². The summed E-state index contributed by atoms with van der Waals surface area (Å²) in [5.74, 6) is 1.42. The van der Waals surface area contributed by atoms with Crippen LogP contribution in [-0.4, -0.2) is 26.1 Å². The number of aryl methyl sites for hydroxylation is 1. The number of methoxy groups -OCH3 is 1. The molecule has 1 saturated heterocycles. The molecule has 1 aliphatic rings. The third-order valence-corrected chi connectivity index (χ3v) is 3.87. The number of nitrogens with one attached hydrogen (secondary N) is 2. The average molecular weight is 276 g/mol. The van der Waals surface area contributed by atoms with Crippen LogP contribution in [-0.2, 0) is 4.79 Å². The minimum absolute atomic E-state index is 0.0355. The average Bonchev–Trinajstić information content (AvgIpc) is 2.91. The van der Waals surface area contributed by atoms with Crippen molar-refractivity contribution in [2.24, 2.45) is 5.92 Å². The molecule has 0 aromatic heterocycles. The first kappa shape index (κ1) is 14.9. The summed E-state index contributed by atoms with van der Waals surface area (Å²) >= 11 is 0. The molecule has 0 saturated carbocycles. The van der Waals surface area contributed by atoms with E-state index in [-0.39, 0.29) is 11.9 Å². The number of rotatable bonds is 5. The quantitative estimate of drug-likeness (QED) is 0.866. The number of ether oxygens (including phenoxy) is 1. The van der Waals surface area contributed by atoms with Crippen LogP contribution in [0.5, 0.6) is 5.75 Å². The molecule has 1 aliphatic heterocycles. The van der Waals surface area contributed by atoms with Crippen LogP contribution in [0.2, 0.25) is 0 Å². The SMILES string of the molecule is COc1ccc(C)cc1C(C)NC(=O)CC1CCNC1. The van der Waals surface area contributed by atoms with Gasteiger partial charge in [-0.3, -0.25) is 4.79 Å². The summed E-state index contributed by atoms with van der Waals surface area (Å²) in [5, 5.41) is 6.37. The maximum atomic E-state index is 12.1. The third kappa shape index (κ3) is 3.73. The van der Waals surface area contributed by atoms with E-state index in [1.165, 1.54) is 5.56 Å². The van der Waals surface area contributed by atoms with E-state index in [9.17, 15) is 4.79 Å². The van der Waals surface area contributed by atoms with Crippen molar-refractivity contribution in [3.8, 4) is 5.75 Å². The van der Waals surface area contributed by atoms with Crippen molar-refractivity contribution in [1.29, 1.82) is 0 Å². The monoisotopic (exact) mass is 276 g/mol. The van der Waals surface area contributed by atoms with E-state index in [2.05, 4.69) is 16.7 Å². The number of amides is 1. The Kier molecular flexibility index (Phi) is 5.01. The number of hydrogen-bond donors (Lipinski definition) is 2. The highest BCUT2D eigenvalue weighted by molar-refractivity contribution is 5.76. The smallest absolute Gasteiger partial charge is 0.220 e. The Labute approximate surface area is 120 Å². The number of benzene rings is 1. The van der Waals surface area contributed by atoms with Gasteiger partial charge in [-0.15, -0.1) is 0 Å². The van der Waals surface area contributed by atoms with Crippen molar-refractivity contribution in [3.05, 3.63) is 29.3 Å². The highest BCUT2D eigenvalue weighted by Crippen LogP contribution is 2.26. The Morgan fingerprint density at radius 1 is 1.55 bits per heavy atom. The molecule has 1 heterocycles. The maximum absolute atomic E-state index is 12.1. The number of carbonyl (C=O) groups excluding carboxylic acids is 1. The normalized spacial score (nSPS) is 19.6. The lowest BCUT2D eigenvalue weighted by Crippen LogP contribution is -2.29. The first-order valence-electron chi connectivity index (χ1n) is 7.24. The van der Waals surface area contributed by atoms with Gasteiger partial charge < -0.3 is 15.4 Å². The van der Waals surface area contributed by atoms with Crippen molar-refractivity contribution in [1.82, 2.24) is 10.6 Å². The van der Waals surface area contributed by atoms with Gasteiger partial charge in [0.15, 0.2) is 0 Å². The minimum Gasteiger partial charge on any atom is -0.496 e. The van der Waals surface area contributed by atoms with Crippen molar-refractivity contribution < 1.29 is 9.53 Å². The fourth-order valence-electron chi connectivity index (χ4n) is 2.72. The molecule has 4 heteroatoms. The van der Waals surface area contributed by atoms with E-state index in [0.29, 0.717) is 12.3 Å². The molecule has 1 amide bonds. The van der Waals surface area contributed by atoms with Crippen molar-refractivity contribution >= 4 is 5.91 Å². The Hall–Kier alpha value is -1.55. The van der Waals surface area contributed by atoms with E-state index in [4.69, 9.17) is 4.74 Å². The summed E-state index contributed by atoms with van der Waals surface area (Å²) in [5.41, 5.74) is 2.20. The Bertz CT molecular complexity index is 468. The van der Waals surface area contributed by atoms with Crippen LogP contribution in [0, 0.1) is 12.8 Å². The molecular weight excluding hydrogens is 252 g/mol. The van der Waals surface area contributed by atoms with E-state index in [1.807, 2.05) is 26.0 Å². The number of hydrogen-bond acceptors (Lipinski definition) is 3. The molecule has 0 bridgehead atoms. The first-order valence-corrected chi connectivity index (χ1v) is 7.24. The van der Waals surface area contributed by atoms with Crippen LogP contribution >= 0.6 is 0 Å². The van der Waals surface area contributed by atoms with Gasteiger partial charge >= 0.3 is 0 Å². The second-order valence-electron chi connectivity index (χ2n) is 5.60. The Balaban J connectivity index is 1.98. The van der Waals surface area contributed by atoms with E-state index in [0.717, 1.165) is 30.8 Å². The molecule has 0 spiro atoms. The topological polar surface area (TPSA) is 50.4 Å². The predicted molar refractivity (Wildman–Crippen MR) is 79.9 cm³/mol.